The van der Waals surface area contributed by atoms with Crippen LogP contribution >= 0.6 is 11.6 Å². The number of benzene rings is 1. The van der Waals surface area contributed by atoms with Crippen LogP contribution in [0.5, 0.6) is 5.75 Å². The van der Waals surface area contributed by atoms with Gasteiger partial charge in [-0.2, -0.15) is 4.39 Å². The molecule has 2 atom stereocenters. The van der Waals surface area contributed by atoms with Crippen LogP contribution in [0.1, 0.15) is 19.4 Å². The second-order valence-electron chi connectivity index (χ2n) is 3.72. The van der Waals surface area contributed by atoms with E-state index < -0.39 is 11.6 Å². The molecule has 0 saturated heterocycles. The summed E-state index contributed by atoms with van der Waals surface area (Å²) in [5, 5.41) is 0.144. The van der Waals surface area contributed by atoms with E-state index in [-0.39, 0.29) is 28.6 Å². The van der Waals surface area contributed by atoms with Gasteiger partial charge in [0.15, 0.2) is 11.6 Å². The molecule has 1 aliphatic heterocycles. The van der Waals surface area contributed by atoms with E-state index in [0.29, 0.717) is 0 Å². The summed E-state index contributed by atoms with van der Waals surface area (Å²) in [6.07, 6.45) is -0.355. The average molecular weight is 246 g/mol. The van der Waals surface area contributed by atoms with Gasteiger partial charge in [-0.1, -0.05) is 11.6 Å². The van der Waals surface area contributed by atoms with Crippen LogP contribution in [0.25, 0.3) is 0 Å². The maximum Gasteiger partial charge on any atom is 0.201 e. The summed E-state index contributed by atoms with van der Waals surface area (Å²) in [6, 6.07) is 2.17. The quantitative estimate of drug-likeness (QED) is 0.688. The summed E-state index contributed by atoms with van der Waals surface area (Å²) < 4.78 is 31.9. The van der Waals surface area contributed by atoms with E-state index in [1.54, 1.807) is 13.8 Å². The molecule has 5 heteroatoms. The largest absolute Gasteiger partial charge is 0.485 e. The fourth-order valence-electron chi connectivity index (χ4n) is 1.45. The standard InChI is InChI=1S/C11H10ClF2NO/c1-5-6(2)16-10-7(11(12)15-5)3-4-8(13)9(10)14/h3-6H,1-2H3/t5-,6-/m1/s1. The van der Waals surface area contributed by atoms with Gasteiger partial charge in [-0.15, -0.1) is 0 Å². The van der Waals surface area contributed by atoms with Gasteiger partial charge in [0, 0.05) is 0 Å². The van der Waals surface area contributed by atoms with E-state index >= 15 is 0 Å². The topological polar surface area (TPSA) is 21.6 Å². The Kier molecular flexibility index (Phi) is 2.84. The lowest BCUT2D eigenvalue weighted by Gasteiger charge is -2.16. The van der Waals surface area contributed by atoms with Crippen molar-refractivity contribution in [3.8, 4) is 5.75 Å². The maximum atomic E-state index is 13.5. The number of fused-ring (bicyclic) bond motifs is 1. The highest BCUT2D eigenvalue weighted by Crippen LogP contribution is 2.31. The predicted octanol–water partition coefficient (Wildman–Crippen LogP) is 3.12. The molecule has 0 aliphatic carbocycles. The summed E-state index contributed by atoms with van der Waals surface area (Å²) in [4.78, 5) is 4.14. The molecular formula is C11H10ClF2NO. The Labute approximate surface area is 96.9 Å². The first kappa shape index (κ1) is 11.3. The third-order valence-electron chi connectivity index (χ3n) is 2.57. The van der Waals surface area contributed by atoms with Crippen LogP contribution in [-0.2, 0) is 0 Å². The number of halogens is 3. The molecule has 2 nitrogen and oxygen atoms in total. The molecule has 0 spiro atoms. The minimum Gasteiger partial charge on any atom is -0.485 e. The van der Waals surface area contributed by atoms with Crippen LogP contribution in [0.3, 0.4) is 0 Å². The van der Waals surface area contributed by atoms with Crippen LogP contribution in [0, 0.1) is 11.6 Å². The smallest absolute Gasteiger partial charge is 0.201 e. The van der Waals surface area contributed by atoms with Crippen molar-refractivity contribution in [3.05, 3.63) is 29.3 Å². The number of hydrogen-bond donors (Lipinski definition) is 0. The molecule has 1 aromatic rings. The molecule has 2 rings (SSSR count). The van der Waals surface area contributed by atoms with E-state index in [1.807, 2.05) is 0 Å². The van der Waals surface area contributed by atoms with E-state index in [0.717, 1.165) is 6.07 Å². The molecule has 0 aromatic heterocycles. The molecule has 0 unspecified atom stereocenters. The second-order valence-corrected chi connectivity index (χ2v) is 4.08. The van der Waals surface area contributed by atoms with E-state index in [4.69, 9.17) is 16.3 Å². The predicted molar refractivity (Wildman–Crippen MR) is 58.3 cm³/mol. The van der Waals surface area contributed by atoms with Crippen LogP contribution < -0.4 is 4.74 Å². The summed E-state index contributed by atoms with van der Waals surface area (Å²) in [5.74, 6) is -2.14. The lowest BCUT2D eigenvalue weighted by Crippen LogP contribution is -2.23. The molecule has 0 amide bonds. The number of rotatable bonds is 0. The summed E-state index contributed by atoms with van der Waals surface area (Å²) in [5.41, 5.74) is 0.289. The van der Waals surface area contributed by atoms with Gasteiger partial charge in [-0.3, -0.25) is 4.99 Å². The zero-order chi connectivity index (χ0) is 11.9. The third-order valence-corrected chi connectivity index (χ3v) is 2.87. The molecule has 16 heavy (non-hydrogen) atoms. The Balaban J connectivity index is 2.61. The van der Waals surface area contributed by atoms with Gasteiger partial charge in [-0.05, 0) is 26.0 Å². The van der Waals surface area contributed by atoms with Gasteiger partial charge in [-0.25, -0.2) is 4.39 Å². The Bertz CT molecular complexity index is 462. The Morgan fingerprint density at radius 1 is 1.31 bits per heavy atom. The number of ether oxygens (including phenoxy) is 1. The van der Waals surface area contributed by atoms with Crippen molar-refractivity contribution in [3.63, 3.8) is 0 Å². The summed E-state index contributed by atoms with van der Waals surface area (Å²) in [6.45, 7) is 3.53. The highest BCUT2D eigenvalue weighted by Gasteiger charge is 2.25. The monoisotopic (exact) mass is 245 g/mol. The van der Waals surface area contributed by atoms with E-state index in [2.05, 4.69) is 4.99 Å². The first-order valence-electron chi connectivity index (χ1n) is 4.89. The molecule has 0 bridgehead atoms. The first-order chi connectivity index (χ1) is 7.50. The van der Waals surface area contributed by atoms with Gasteiger partial charge in [0.05, 0.1) is 11.6 Å². The van der Waals surface area contributed by atoms with Crippen molar-refractivity contribution < 1.29 is 13.5 Å². The minimum absolute atomic E-state index is 0.144. The first-order valence-corrected chi connectivity index (χ1v) is 5.27. The summed E-state index contributed by atoms with van der Waals surface area (Å²) >= 11 is 5.92. The highest BCUT2D eigenvalue weighted by atomic mass is 35.5. The SMILES string of the molecule is C[C@H]1N=C(Cl)c2ccc(F)c(F)c2O[C@@H]1C. The van der Waals surface area contributed by atoms with Crippen molar-refractivity contribution >= 4 is 16.8 Å². The number of hydrogen-bond acceptors (Lipinski definition) is 2. The average Bonchev–Trinajstić information content (AvgIpc) is 2.33. The summed E-state index contributed by atoms with van der Waals surface area (Å²) in [7, 11) is 0. The van der Waals surface area contributed by atoms with Crippen LogP contribution in [0.4, 0.5) is 8.78 Å². The zero-order valence-electron chi connectivity index (χ0n) is 8.80. The minimum atomic E-state index is -1.02. The molecule has 0 radical (unpaired) electrons. The molecule has 86 valence electrons. The van der Waals surface area contributed by atoms with Crippen molar-refractivity contribution in [2.24, 2.45) is 4.99 Å². The Hall–Kier alpha value is -1.16. The van der Waals surface area contributed by atoms with Crippen LogP contribution in [0.2, 0.25) is 0 Å². The van der Waals surface area contributed by atoms with Crippen molar-refractivity contribution in [1.82, 2.24) is 0 Å². The molecule has 1 aromatic carbocycles. The molecule has 1 heterocycles. The van der Waals surface area contributed by atoms with Gasteiger partial charge in [0.2, 0.25) is 5.82 Å². The van der Waals surface area contributed by atoms with Gasteiger partial charge in [0.25, 0.3) is 0 Å². The zero-order valence-corrected chi connectivity index (χ0v) is 9.55. The highest BCUT2D eigenvalue weighted by molar-refractivity contribution is 6.70. The van der Waals surface area contributed by atoms with Crippen molar-refractivity contribution in [2.75, 3.05) is 0 Å². The molecule has 0 fully saturated rings. The Morgan fingerprint density at radius 3 is 2.69 bits per heavy atom. The van der Waals surface area contributed by atoms with Gasteiger partial charge < -0.3 is 4.74 Å². The lowest BCUT2D eigenvalue weighted by atomic mass is 10.2. The normalized spacial score (nSPS) is 24.2. The fraction of sp³-hybridized carbons (Fsp3) is 0.364. The van der Waals surface area contributed by atoms with E-state index in [9.17, 15) is 8.78 Å². The Morgan fingerprint density at radius 2 is 2.00 bits per heavy atom. The third kappa shape index (κ3) is 1.78. The van der Waals surface area contributed by atoms with Gasteiger partial charge in [0.1, 0.15) is 11.3 Å². The fourth-order valence-corrected chi connectivity index (χ4v) is 1.75. The maximum absolute atomic E-state index is 13.5. The van der Waals surface area contributed by atoms with E-state index in [1.165, 1.54) is 6.07 Å². The molecule has 1 aliphatic rings. The number of nitrogens with zero attached hydrogens (tertiary/aromatic N) is 1. The van der Waals surface area contributed by atoms with Crippen LogP contribution in [0.15, 0.2) is 17.1 Å². The van der Waals surface area contributed by atoms with Crippen molar-refractivity contribution in [1.29, 1.82) is 0 Å². The molecular weight excluding hydrogens is 236 g/mol. The van der Waals surface area contributed by atoms with Crippen molar-refractivity contribution in [2.45, 2.75) is 26.0 Å². The second kappa shape index (κ2) is 4.01. The van der Waals surface area contributed by atoms with Gasteiger partial charge >= 0.3 is 0 Å². The number of aliphatic imine (C=N–C) groups is 1. The molecule has 0 saturated carbocycles. The van der Waals surface area contributed by atoms with Crippen LogP contribution in [-0.4, -0.2) is 17.3 Å². The molecule has 0 N–H and O–H groups in total. The lowest BCUT2D eigenvalue weighted by molar-refractivity contribution is 0.189.